The predicted octanol–water partition coefficient (Wildman–Crippen LogP) is 1.73. The number of anilines is 1. The van der Waals surface area contributed by atoms with Crippen molar-refractivity contribution in [3.05, 3.63) is 35.7 Å². The Labute approximate surface area is 162 Å². The molecule has 1 saturated heterocycles. The van der Waals surface area contributed by atoms with Gasteiger partial charge in [-0.25, -0.2) is 0 Å². The maximum absolute atomic E-state index is 12.3. The second-order valence-electron chi connectivity index (χ2n) is 6.03. The first kappa shape index (κ1) is 19.4. The van der Waals surface area contributed by atoms with E-state index in [9.17, 15) is 4.79 Å². The molecule has 0 spiro atoms. The summed E-state index contributed by atoms with van der Waals surface area (Å²) in [6.07, 6.45) is 0. The molecule has 0 aliphatic carbocycles. The van der Waals surface area contributed by atoms with Gasteiger partial charge in [0.25, 0.3) is 0 Å². The van der Waals surface area contributed by atoms with E-state index in [-0.39, 0.29) is 11.7 Å². The van der Waals surface area contributed by atoms with E-state index < -0.39 is 0 Å². The molecule has 8 nitrogen and oxygen atoms in total. The summed E-state index contributed by atoms with van der Waals surface area (Å²) >= 11 is 1.35. The number of amides is 1. The van der Waals surface area contributed by atoms with Crippen molar-refractivity contribution in [2.45, 2.75) is 25.2 Å². The first-order chi connectivity index (χ1) is 13.2. The van der Waals surface area contributed by atoms with Crippen molar-refractivity contribution in [3.63, 3.8) is 0 Å². The van der Waals surface area contributed by atoms with E-state index in [1.54, 1.807) is 24.3 Å². The lowest BCUT2D eigenvalue weighted by atomic mass is 10.2. The van der Waals surface area contributed by atoms with Gasteiger partial charge in [0.05, 0.1) is 36.8 Å². The van der Waals surface area contributed by atoms with E-state index in [0.29, 0.717) is 11.3 Å². The molecule has 2 heterocycles. The third-order valence-electron chi connectivity index (χ3n) is 4.23. The van der Waals surface area contributed by atoms with Crippen LogP contribution in [0.1, 0.15) is 18.3 Å². The number of ether oxygens (including phenoxy) is 1. The molecule has 0 saturated carbocycles. The topological polar surface area (TPSA) is 96.1 Å². The van der Waals surface area contributed by atoms with Crippen LogP contribution < -0.4 is 5.32 Å². The highest BCUT2D eigenvalue weighted by atomic mass is 32.2. The number of nitrogens with one attached hydrogen (secondary N) is 1. The van der Waals surface area contributed by atoms with Crippen LogP contribution in [0.25, 0.3) is 0 Å². The molecule has 0 atom stereocenters. The summed E-state index contributed by atoms with van der Waals surface area (Å²) in [6.45, 7) is 6.78. The van der Waals surface area contributed by atoms with E-state index in [4.69, 9.17) is 10.00 Å². The zero-order chi connectivity index (χ0) is 19.1. The molecule has 0 bridgehead atoms. The molecule has 1 aliphatic rings. The molecule has 1 N–H and O–H groups in total. The number of thioether (sulfide) groups is 1. The predicted molar refractivity (Wildman–Crippen MR) is 102 cm³/mol. The third kappa shape index (κ3) is 5.07. The smallest absolute Gasteiger partial charge is 0.234 e. The number of hydrogen-bond acceptors (Lipinski definition) is 7. The zero-order valence-corrected chi connectivity index (χ0v) is 16.0. The van der Waals surface area contributed by atoms with Crippen LogP contribution in [0, 0.1) is 11.3 Å². The van der Waals surface area contributed by atoms with Crippen LogP contribution in [0.4, 0.5) is 5.69 Å². The van der Waals surface area contributed by atoms with Gasteiger partial charge in [-0.3, -0.25) is 9.69 Å². The van der Waals surface area contributed by atoms with Gasteiger partial charge in [-0.1, -0.05) is 23.9 Å². The Balaban J connectivity index is 1.59. The Hall–Kier alpha value is -2.41. The lowest BCUT2D eigenvalue weighted by Crippen LogP contribution is -2.36. The van der Waals surface area contributed by atoms with Gasteiger partial charge < -0.3 is 14.6 Å². The molecule has 9 heteroatoms. The summed E-state index contributed by atoms with van der Waals surface area (Å²) < 4.78 is 7.41. The molecule has 1 aromatic carbocycles. The Kier molecular flexibility index (Phi) is 6.81. The molecule has 0 radical (unpaired) electrons. The average molecular weight is 386 g/mol. The zero-order valence-electron chi connectivity index (χ0n) is 15.2. The number of nitrogens with zero attached hydrogens (tertiary/aromatic N) is 5. The first-order valence-corrected chi connectivity index (χ1v) is 9.83. The average Bonchev–Trinajstić information content (AvgIpc) is 3.09. The quantitative estimate of drug-likeness (QED) is 0.724. The lowest BCUT2D eigenvalue weighted by Gasteiger charge is -2.26. The number of carbonyl (C=O) groups is 1. The van der Waals surface area contributed by atoms with Crippen LogP contribution in [0.3, 0.4) is 0 Å². The van der Waals surface area contributed by atoms with Crippen molar-refractivity contribution < 1.29 is 9.53 Å². The van der Waals surface area contributed by atoms with Gasteiger partial charge in [-0.05, 0) is 19.1 Å². The van der Waals surface area contributed by atoms with Crippen molar-refractivity contribution in [2.24, 2.45) is 0 Å². The number of para-hydroxylation sites is 1. The normalized spacial score (nSPS) is 14.7. The molecule has 1 aliphatic heterocycles. The van der Waals surface area contributed by atoms with Crippen molar-refractivity contribution in [3.8, 4) is 6.07 Å². The lowest BCUT2D eigenvalue weighted by molar-refractivity contribution is -0.113. The molecule has 1 aromatic heterocycles. The van der Waals surface area contributed by atoms with Gasteiger partial charge in [0.1, 0.15) is 11.9 Å². The number of rotatable bonds is 7. The molecular weight excluding hydrogens is 364 g/mol. The van der Waals surface area contributed by atoms with Gasteiger partial charge in [0.2, 0.25) is 5.91 Å². The molecule has 1 amide bonds. The van der Waals surface area contributed by atoms with Crippen molar-refractivity contribution in [1.29, 1.82) is 5.26 Å². The van der Waals surface area contributed by atoms with Crippen LogP contribution >= 0.6 is 11.8 Å². The maximum atomic E-state index is 12.3. The van der Waals surface area contributed by atoms with Crippen molar-refractivity contribution in [1.82, 2.24) is 19.7 Å². The molecule has 3 rings (SSSR count). The van der Waals surface area contributed by atoms with E-state index in [0.717, 1.165) is 50.4 Å². The molecule has 1 fully saturated rings. The number of hydrogen-bond donors (Lipinski definition) is 1. The number of aromatic nitrogens is 3. The second kappa shape index (κ2) is 9.50. The first-order valence-electron chi connectivity index (χ1n) is 8.85. The van der Waals surface area contributed by atoms with Crippen molar-refractivity contribution >= 4 is 23.4 Å². The van der Waals surface area contributed by atoms with E-state index in [1.807, 2.05) is 11.5 Å². The monoisotopic (exact) mass is 386 g/mol. The fourth-order valence-corrected chi connectivity index (χ4v) is 3.65. The summed E-state index contributed by atoms with van der Waals surface area (Å²) in [5, 5.41) is 21.2. The standard InChI is InChI=1S/C18H22N6O2S/c1-2-24-16(12-23-7-9-26-10-8-23)21-22-18(24)27-13-17(25)20-15-6-4-3-5-14(15)11-19/h3-6H,2,7-10,12-13H2,1H3,(H,20,25). The fraction of sp³-hybridized carbons (Fsp3) is 0.444. The van der Waals surface area contributed by atoms with Crippen molar-refractivity contribution in [2.75, 3.05) is 37.4 Å². The minimum absolute atomic E-state index is 0.178. The maximum Gasteiger partial charge on any atom is 0.234 e. The number of morpholine rings is 1. The number of benzene rings is 1. The van der Waals surface area contributed by atoms with Gasteiger partial charge in [-0.15, -0.1) is 10.2 Å². The number of nitriles is 1. The summed E-state index contributed by atoms with van der Waals surface area (Å²) in [5.74, 6) is 0.926. The molecule has 0 unspecified atom stereocenters. The van der Waals surface area contributed by atoms with Crippen LogP contribution in [0.15, 0.2) is 29.4 Å². The Bertz CT molecular complexity index is 825. The van der Waals surface area contributed by atoms with Crippen LogP contribution in [0.5, 0.6) is 0 Å². The summed E-state index contributed by atoms with van der Waals surface area (Å²) in [5.41, 5.74) is 0.968. The molecule has 142 valence electrons. The Morgan fingerprint density at radius 3 is 2.85 bits per heavy atom. The molecule has 2 aromatic rings. The largest absolute Gasteiger partial charge is 0.379 e. The highest BCUT2D eigenvalue weighted by Gasteiger charge is 2.18. The van der Waals surface area contributed by atoms with Gasteiger partial charge in [-0.2, -0.15) is 5.26 Å². The Morgan fingerprint density at radius 1 is 1.33 bits per heavy atom. The minimum atomic E-state index is -0.178. The summed E-state index contributed by atoms with van der Waals surface area (Å²) in [4.78, 5) is 14.5. The minimum Gasteiger partial charge on any atom is -0.379 e. The Morgan fingerprint density at radius 2 is 2.11 bits per heavy atom. The van der Waals surface area contributed by atoms with Crippen LogP contribution in [-0.4, -0.2) is 57.6 Å². The van der Waals surface area contributed by atoms with Crippen LogP contribution in [0.2, 0.25) is 0 Å². The van der Waals surface area contributed by atoms with Gasteiger partial charge in [0.15, 0.2) is 5.16 Å². The second-order valence-corrected chi connectivity index (χ2v) is 6.97. The van der Waals surface area contributed by atoms with Gasteiger partial charge >= 0.3 is 0 Å². The number of carbonyl (C=O) groups excluding carboxylic acids is 1. The highest BCUT2D eigenvalue weighted by Crippen LogP contribution is 2.19. The SMILES string of the molecule is CCn1c(CN2CCOCC2)nnc1SCC(=O)Nc1ccccc1C#N. The summed E-state index contributed by atoms with van der Waals surface area (Å²) in [7, 11) is 0. The van der Waals surface area contributed by atoms with E-state index in [1.165, 1.54) is 11.8 Å². The summed E-state index contributed by atoms with van der Waals surface area (Å²) in [6, 6.07) is 9.02. The van der Waals surface area contributed by atoms with E-state index in [2.05, 4.69) is 26.5 Å². The third-order valence-corrected chi connectivity index (χ3v) is 5.20. The van der Waals surface area contributed by atoms with Crippen LogP contribution in [-0.2, 0) is 22.6 Å². The molecule has 27 heavy (non-hydrogen) atoms. The molecular formula is C18H22N6O2S. The van der Waals surface area contributed by atoms with E-state index >= 15 is 0 Å². The van der Waals surface area contributed by atoms with Gasteiger partial charge in [0, 0.05) is 19.6 Å². The highest BCUT2D eigenvalue weighted by molar-refractivity contribution is 7.99. The fourth-order valence-electron chi connectivity index (χ4n) is 2.83.